The molecule has 0 aliphatic rings. The minimum Gasteiger partial charge on any atom is -0.298 e. The molecule has 0 saturated carbocycles. The molecule has 0 unspecified atom stereocenters. The number of aryl methyl sites for hydroxylation is 1. The molecule has 2 rings (SSSR count). The van der Waals surface area contributed by atoms with Gasteiger partial charge in [-0.25, -0.2) is 0 Å². The van der Waals surface area contributed by atoms with Crippen molar-refractivity contribution >= 4 is 43.6 Å². The molecule has 0 saturated heterocycles. The zero-order valence-electron chi connectivity index (χ0n) is 7.00. The van der Waals surface area contributed by atoms with Gasteiger partial charge in [0.1, 0.15) is 0 Å². The molecule has 0 radical (unpaired) electrons. The molecule has 3 heteroatoms. The van der Waals surface area contributed by atoms with Crippen molar-refractivity contribution in [3.8, 4) is 0 Å². The van der Waals surface area contributed by atoms with Gasteiger partial charge >= 0.3 is 0 Å². The first-order valence-corrected chi connectivity index (χ1v) is 5.47. The summed E-state index contributed by atoms with van der Waals surface area (Å²) in [6.07, 6.45) is 0.905. The fourth-order valence-electron chi connectivity index (χ4n) is 1.31. The smallest absolute Gasteiger partial charge is 0.152 e. The minimum absolute atomic E-state index is 0.767. The van der Waals surface area contributed by atoms with Crippen LogP contribution in [0.4, 0.5) is 0 Å². The predicted octanol–water partition coefficient (Wildman–Crippen LogP) is 3.78. The van der Waals surface area contributed by atoms with Crippen LogP contribution >= 0.6 is 27.3 Å². The van der Waals surface area contributed by atoms with Crippen LogP contribution in [0.1, 0.15) is 15.9 Å². The second-order valence-electron chi connectivity index (χ2n) is 2.91. The van der Waals surface area contributed by atoms with Crippen LogP contribution in [0, 0.1) is 6.92 Å². The Labute approximate surface area is 88.5 Å². The normalized spacial score (nSPS) is 10.6. The van der Waals surface area contributed by atoms with Crippen LogP contribution in [0.15, 0.2) is 22.0 Å². The van der Waals surface area contributed by atoms with Crippen molar-refractivity contribution in [1.82, 2.24) is 0 Å². The maximum atomic E-state index is 10.8. The molecule has 1 heterocycles. The summed E-state index contributed by atoms with van der Waals surface area (Å²) >= 11 is 4.98. The standard InChI is InChI=1S/C10H7BrOS/c1-6-2-3-9-7(4-6)8(5-12)10(11)13-9/h2-5H,1H3. The van der Waals surface area contributed by atoms with Gasteiger partial charge in [-0.1, -0.05) is 11.6 Å². The summed E-state index contributed by atoms with van der Waals surface area (Å²) < 4.78 is 2.07. The van der Waals surface area contributed by atoms with Crippen molar-refractivity contribution < 1.29 is 4.79 Å². The Morgan fingerprint density at radius 2 is 2.23 bits per heavy atom. The summed E-state index contributed by atoms with van der Waals surface area (Å²) in [5, 5.41) is 1.05. The molecule has 1 aromatic heterocycles. The van der Waals surface area contributed by atoms with Crippen LogP contribution in [-0.2, 0) is 0 Å². The van der Waals surface area contributed by atoms with E-state index in [1.807, 2.05) is 19.1 Å². The van der Waals surface area contributed by atoms with E-state index in [9.17, 15) is 4.79 Å². The summed E-state index contributed by atoms with van der Waals surface area (Å²) in [6.45, 7) is 2.03. The Balaban J connectivity index is 2.88. The van der Waals surface area contributed by atoms with Crippen molar-refractivity contribution in [3.63, 3.8) is 0 Å². The number of fused-ring (bicyclic) bond motifs is 1. The average Bonchev–Trinajstić information content (AvgIpc) is 2.40. The largest absolute Gasteiger partial charge is 0.298 e. The Kier molecular flexibility index (Phi) is 2.22. The summed E-state index contributed by atoms with van der Waals surface area (Å²) in [5.74, 6) is 0. The van der Waals surface area contributed by atoms with Crippen LogP contribution in [0.25, 0.3) is 10.1 Å². The Morgan fingerprint density at radius 3 is 2.92 bits per heavy atom. The first kappa shape index (κ1) is 8.91. The molecule has 13 heavy (non-hydrogen) atoms. The number of aldehydes is 1. The zero-order chi connectivity index (χ0) is 9.42. The highest BCUT2D eigenvalue weighted by Gasteiger charge is 2.08. The van der Waals surface area contributed by atoms with E-state index in [2.05, 4.69) is 22.0 Å². The number of thiophene rings is 1. The number of hydrogen-bond acceptors (Lipinski definition) is 2. The van der Waals surface area contributed by atoms with Gasteiger partial charge in [0.05, 0.1) is 3.79 Å². The van der Waals surface area contributed by atoms with Gasteiger partial charge in [-0.2, -0.15) is 0 Å². The van der Waals surface area contributed by atoms with Crippen molar-refractivity contribution in [2.45, 2.75) is 6.92 Å². The van der Waals surface area contributed by atoms with E-state index >= 15 is 0 Å². The lowest BCUT2D eigenvalue weighted by Crippen LogP contribution is -1.77. The summed E-state index contributed by atoms with van der Waals surface area (Å²) in [5.41, 5.74) is 1.95. The number of hydrogen-bond donors (Lipinski definition) is 0. The minimum atomic E-state index is 0.767. The molecule has 66 valence electrons. The van der Waals surface area contributed by atoms with Crippen LogP contribution in [0.5, 0.6) is 0 Å². The number of rotatable bonds is 1. The van der Waals surface area contributed by atoms with Crippen molar-refractivity contribution in [3.05, 3.63) is 33.1 Å². The summed E-state index contributed by atoms with van der Waals surface area (Å²) in [7, 11) is 0. The molecule has 1 aromatic carbocycles. The second kappa shape index (κ2) is 3.24. The van der Waals surface area contributed by atoms with Crippen molar-refractivity contribution in [1.29, 1.82) is 0 Å². The topological polar surface area (TPSA) is 17.1 Å². The van der Waals surface area contributed by atoms with Gasteiger partial charge in [0.15, 0.2) is 6.29 Å². The molecule has 0 aliphatic heterocycles. The first-order chi connectivity index (χ1) is 6.22. The molecule has 0 spiro atoms. The SMILES string of the molecule is Cc1ccc2sc(Br)c(C=O)c2c1. The van der Waals surface area contributed by atoms with Crippen LogP contribution in [0.3, 0.4) is 0 Å². The van der Waals surface area contributed by atoms with Crippen LogP contribution in [0.2, 0.25) is 0 Å². The van der Waals surface area contributed by atoms with Gasteiger partial charge in [-0.15, -0.1) is 11.3 Å². The van der Waals surface area contributed by atoms with Crippen molar-refractivity contribution in [2.75, 3.05) is 0 Å². The van der Waals surface area contributed by atoms with E-state index in [1.165, 1.54) is 5.56 Å². The second-order valence-corrected chi connectivity index (χ2v) is 5.28. The highest BCUT2D eigenvalue weighted by Crippen LogP contribution is 2.34. The lowest BCUT2D eigenvalue weighted by molar-refractivity contribution is 0.112. The fourth-order valence-corrected chi connectivity index (χ4v) is 3.02. The van der Waals surface area contributed by atoms with Gasteiger partial charge < -0.3 is 0 Å². The van der Waals surface area contributed by atoms with E-state index in [1.54, 1.807) is 11.3 Å². The molecule has 0 fully saturated rings. The third-order valence-electron chi connectivity index (χ3n) is 1.95. The monoisotopic (exact) mass is 254 g/mol. The van der Waals surface area contributed by atoms with Gasteiger partial charge in [-0.3, -0.25) is 4.79 Å². The molecule has 0 aliphatic carbocycles. The van der Waals surface area contributed by atoms with E-state index in [-0.39, 0.29) is 0 Å². The summed E-state index contributed by atoms with van der Waals surface area (Å²) in [4.78, 5) is 10.8. The van der Waals surface area contributed by atoms with Crippen molar-refractivity contribution in [2.24, 2.45) is 0 Å². The Hall–Kier alpha value is -0.670. The zero-order valence-corrected chi connectivity index (χ0v) is 9.41. The third kappa shape index (κ3) is 1.42. The Morgan fingerprint density at radius 1 is 1.46 bits per heavy atom. The van der Waals surface area contributed by atoms with Crippen LogP contribution in [-0.4, -0.2) is 6.29 Å². The maximum Gasteiger partial charge on any atom is 0.152 e. The number of halogens is 1. The van der Waals surface area contributed by atoms with E-state index in [0.717, 1.165) is 25.7 Å². The van der Waals surface area contributed by atoms with E-state index in [0.29, 0.717) is 0 Å². The highest BCUT2D eigenvalue weighted by molar-refractivity contribution is 9.11. The molecule has 0 N–H and O–H groups in total. The summed E-state index contributed by atoms with van der Waals surface area (Å²) in [6, 6.07) is 6.15. The molecular formula is C10H7BrOS. The maximum absolute atomic E-state index is 10.8. The Bertz CT molecular complexity index is 473. The van der Waals surface area contributed by atoms with Gasteiger partial charge in [-0.05, 0) is 35.0 Å². The molecule has 0 amide bonds. The molecular weight excluding hydrogens is 248 g/mol. The highest BCUT2D eigenvalue weighted by atomic mass is 79.9. The van der Waals surface area contributed by atoms with Gasteiger partial charge in [0.25, 0.3) is 0 Å². The molecule has 0 bridgehead atoms. The molecule has 0 atom stereocenters. The van der Waals surface area contributed by atoms with Gasteiger partial charge in [0, 0.05) is 15.6 Å². The van der Waals surface area contributed by atoms with Gasteiger partial charge in [0.2, 0.25) is 0 Å². The predicted molar refractivity (Wildman–Crippen MR) is 59.6 cm³/mol. The van der Waals surface area contributed by atoms with Crippen LogP contribution < -0.4 is 0 Å². The molecule has 1 nitrogen and oxygen atoms in total. The fraction of sp³-hybridized carbons (Fsp3) is 0.100. The number of carbonyl (C=O) groups is 1. The first-order valence-electron chi connectivity index (χ1n) is 3.86. The third-order valence-corrected chi connectivity index (χ3v) is 3.84. The molecule has 2 aromatic rings. The average molecular weight is 255 g/mol. The number of benzene rings is 1. The van der Waals surface area contributed by atoms with E-state index in [4.69, 9.17) is 0 Å². The quantitative estimate of drug-likeness (QED) is 0.708. The van der Waals surface area contributed by atoms with E-state index < -0.39 is 0 Å². The lowest BCUT2D eigenvalue weighted by Gasteiger charge is -1.92. The number of carbonyl (C=O) groups excluding carboxylic acids is 1. The lowest BCUT2D eigenvalue weighted by atomic mass is 10.1.